The number of hydrogen-bond donors (Lipinski definition) is 2. The molecule has 2 N–H and O–H groups in total. The van der Waals surface area contributed by atoms with E-state index in [0.717, 1.165) is 50.8 Å². The number of hydrogen-bond acceptors (Lipinski definition) is 4. The van der Waals surface area contributed by atoms with Gasteiger partial charge in [-0.05, 0) is 31.4 Å². The van der Waals surface area contributed by atoms with Gasteiger partial charge in [0.05, 0.1) is 6.61 Å². The van der Waals surface area contributed by atoms with E-state index in [1.807, 2.05) is 18.2 Å². The molecule has 1 aliphatic rings. The Hall–Kier alpha value is -0.980. The smallest absolute Gasteiger partial charge is 0.191 e. The third-order valence-electron chi connectivity index (χ3n) is 2.86. The number of para-hydroxylation sites is 1. The number of nitrogens with one attached hydrogen (secondary N) is 2. The second-order valence-electron chi connectivity index (χ2n) is 4.40. The maximum Gasteiger partial charge on any atom is 0.191 e. The summed E-state index contributed by atoms with van der Waals surface area (Å²) in [4.78, 5) is 4.35. The number of rotatable bonds is 5. The van der Waals surface area contributed by atoms with Crippen molar-refractivity contribution >= 4 is 29.9 Å². The van der Waals surface area contributed by atoms with Crippen molar-refractivity contribution in [3.63, 3.8) is 0 Å². The molecule has 106 valence electrons. The second kappa shape index (κ2) is 9.01. The van der Waals surface area contributed by atoms with Crippen molar-refractivity contribution < 1.29 is 4.74 Å². The van der Waals surface area contributed by atoms with Gasteiger partial charge in [0.1, 0.15) is 5.75 Å². The average Bonchev–Trinajstić information content (AvgIpc) is 2.42. The van der Waals surface area contributed by atoms with Crippen LogP contribution in [0.5, 0.6) is 5.75 Å². The van der Waals surface area contributed by atoms with Gasteiger partial charge in [-0.15, -0.1) is 24.0 Å². The molecule has 5 heteroatoms. The molecule has 0 fully saturated rings. The highest BCUT2D eigenvalue weighted by Gasteiger charge is 2.02. The van der Waals surface area contributed by atoms with E-state index in [9.17, 15) is 0 Å². The lowest BCUT2D eigenvalue weighted by atomic mass is 10.2. The third-order valence-corrected chi connectivity index (χ3v) is 2.86. The van der Waals surface area contributed by atoms with E-state index in [0.29, 0.717) is 0 Å². The predicted molar refractivity (Wildman–Crippen MR) is 89.6 cm³/mol. The van der Waals surface area contributed by atoms with Gasteiger partial charge in [-0.2, -0.15) is 0 Å². The van der Waals surface area contributed by atoms with Crippen molar-refractivity contribution in [3.05, 3.63) is 29.8 Å². The Morgan fingerprint density at radius 3 is 2.95 bits per heavy atom. The minimum Gasteiger partial charge on any atom is -0.493 e. The monoisotopic (exact) mass is 375 g/mol. The van der Waals surface area contributed by atoms with Crippen LogP contribution in [-0.4, -0.2) is 32.2 Å². The summed E-state index contributed by atoms with van der Waals surface area (Å²) in [5.41, 5.74) is 1.18. The molecule has 0 atom stereocenters. The number of aryl methyl sites for hydroxylation is 1. The van der Waals surface area contributed by atoms with E-state index >= 15 is 0 Å². The van der Waals surface area contributed by atoms with E-state index < -0.39 is 0 Å². The summed E-state index contributed by atoms with van der Waals surface area (Å²) in [6.45, 7) is 5.62. The molecule has 0 unspecified atom stereocenters. The Morgan fingerprint density at radius 1 is 1.37 bits per heavy atom. The van der Waals surface area contributed by atoms with Crippen LogP contribution < -0.4 is 15.4 Å². The summed E-state index contributed by atoms with van der Waals surface area (Å²) in [5, 5.41) is 6.52. The van der Waals surface area contributed by atoms with Crippen LogP contribution in [0.1, 0.15) is 18.4 Å². The quantitative estimate of drug-likeness (QED) is 0.614. The van der Waals surface area contributed by atoms with Gasteiger partial charge >= 0.3 is 0 Å². The van der Waals surface area contributed by atoms with Crippen molar-refractivity contribution in [1.82, 2.24) is 10.6 Å². The molecule has 0 aliphatic carbocycles. The van der Waals surface area contributed by atoms with E-state index in [2.05, 4.69) is 28.6 Å². The summed E-state index contributed by atoms with van der Waals surface area (Å²) in [5.74, 6) is 1.91. The minimum atomic E-state index is 0. The van der Waals surface area contributed by atoms with Gasteiger partial charge < -0.3 is 15.4 Å². The zero-order valence-corrected chi connectivity index (χ0v) is 13.6. The number of halogens is 1. The normalized spacial score (nSPS) is 13.8. The molecule has 0 bridgehead atoms. The molecule has 0 radical (unpaired) electrons. The van der Waals surface area contributed by atoms with E-state index in [1.54, 1.807) is 0 Å². The molecule has 1 aliphatic heterocycles. The first-order chi connectivity index (χ1) is 8.86. The summed E-state index contributed by atoms with van der Waals surface area (Å²) < 4.78 is 5.73. The SMILES string of the molecule is Cc1ccccc1OCCCNC1=NCCCN1.I. The van der Waals surface area contributed by atoms with E-state index in [1.165, 1.54) is 5.56 Å². The Balaban J connectivity index is 0.00000180. The van der Waals surface area contributed by atoms with Gasteiger partial charge in [-0.1, -0.05) is 18.2 Å². The van der Waals surface area contributed by atoms with Crippen LogP contribution in [0.3, 0.4) is 0 Å². The number of benzene rings is 1. The first kappa shape index (κ1) is 16.1. The molecule has 1 aromatic carbocycles. The lowest BCUT2D eigenvalue weighted by molar-refractivity contribution is 0.309. The summed E-state index contributed by atoms with van der Waals surface area (Å²) >= 11 is 0. The molecule has 4 nitrogen and oxygen atoms in total. The van der Waals surface area contributed by atoms with Crippen molar-refractivity contribution in [1.29, 1.82) is 0 Å². The molecular weight excluding hydrogens is 353 g/mol. The van der Waals surface area contributed by atoms with Gasteiger partial charge in [0, 0.05) is 19.6 Å². The number of aliphatic imine (C=N–C) groups is 1. The van der Waals surface area contributed by atoms with Crippen LogP contribution >= 0.6 is 24.0 Å². The highest BCUT2D eigenvalue weighted by atomic mass is 127. The predicted octanol–water partition coefficient (Wildman–Crippen LogP) is 2.32. The van der Waals surface area contributed by atoms with Crippen molar-refractivity contribution in [2.24, 2.45) is 4.99 Å². The zero-order chi connectivity index (χ0) is 12.6. The zero-order valence-electron chi connectivity index (χ0n) is 11.3. The van der Waals surface area contributed by atoms with E-state index in [-0.39, 0.29) is 24.0 Å². The third kappa shape index (κ3) is 5.67. The topological polar surface area (TPSA) is 45.6 Å². The fraction of sp³-hybridized carbons (Fsp3) is 0.500. The highest BCUT2D eigenvalue weighted by molar-refractivity contribution is 14.0. The largest absolute Gasteiger partial charge is 0.493 e. The molecule has 1 heterocycles. The molecule has 0 saturated heterocycles. The second-order valence-corrected chi connectivity index (χ2v) is 4.40. The summed E-state index contributed by atoms with van der Waals surface area (Å²) in [7, 11) is 0. The van der Waals surface area contributed by atoms with Crippen LogP contribution in [0, 0.1) is 6.92 Å². The maximum atomic E-state index is 5.73. The Kier molecular flexibility index (Phi) is 7.62. The number of guanidine groups is 1. The molecule has 0 spiro atoms. The van der Waals surface area contributed by atoms with Crippen LogP contribution in [0.25, 0.3) is 0 Å². The van der Waals surface area contributed by atoms with Crippen molar-refractivity contribution in [2.45, 2.75) is 19.8 Å². The molecule has 2 rings (SSSR count). The van der Waals surface area contributed by atoms with E-state index in [4.69, 9.17) is 4.74 Å². The molecule has 19 heavy (non-hydrogen) atoms. The molecule has 0 amide bonds. The van der Waals surface area contributed by atoms with Gasteiger partial charge in [-0.3, -0.25) is 4.99 Å². The fourth-order valence-corrected chi connectivity index (χ4v) is 1.83. The van der Waals surface area contributed by atoms with Gasteiger partial charge in [0.25, 0.3) is 0 Å². The van der Waals surface area contributed by atoms with Crippen LogP contribution in [0.15, 0.2) is 29.3 Å². The molecule has 1 aromatic rings. The summed E-state index contributed by atoms with van der Waals surface area (Å²) in [6, 6.07) is 8.10. The minimum absolute atomic E-state index is 0. The Labute approximate surface area is 132 Å². The lowest BCUT2D eigenvalue weighted by Gasteiger charge is -2.16. The highest BCUT2D eigenvalue weighted by Crippen LogP contribution is 2.15. The molecule has 0 aromatic heterocycles. The van der Waals surface area contributed by atoms with Crippen LogP contribution in [0.2, 0.25) is 0 Å². The Morgan fingerprint density at radius 2 is 2.21 bits per heavy atom. The Bertz CT molecular complexity index is 409. The first-order valence-corrected chi connectivity index (χ1v) is 6.57. The lowest BCUT2D eigenvalue weighted by Crippen LogP contribution is -2.41. The van der Waals surface area contributed by atoms with Crippen LogP contribution in [-0.2, 0) is 0 Å². The van der Waals surface area contributed by atoms with Crippen molar-refractivity contribution in [3.8, 4) is 5.75 Å². The fourth-order valence-electron chi connectivity index (χ4n) is 1.83. The first-order valence-electron chi connectivity index (χ1n) is 6.57. The van der Waals surface area contributed by atoms with Gasteiger partial charge in [0.15, 0.2) is 5.96 Å². The van der Waals surface area contributed by atoms with Gasteiger partial charge in [0.2, 0.25) is 0 Å². The molecule has 0 saturated carbocycles. The maximum absolute atomic E-state index is 5.73. The number of nitrogens with zero attached hydrogens (tertiary/aromatic N) is 1. The standard InChI is InChI=1S/C14H21N3O.HI/c1-12-6-2-3-7-13(12)18-11-5-10-17-14-15-8-4-9-16-14;/h2-3,6-7H,4-5,8-11H2,1H3,(H2,15,16,17);1H. The molecular formula is C14H22IN3O. The van der Waals surface area contributed by atoms with Crippen LogP contribution in [0.4, 0.5) is 0 Å². The number of ether oxygens (including phenoxy) is 1. The van der Waals surface area contributed by atoms with Gasteiger partial charge in [-0.25, -0.2) is 0 Å². The van der Waals surface area contributed by atoms with Crippen molar-refractivity contribution in [2.75, 3.05) is 26.2 Å². The summed E-state index contributed by atoms with van der Waals surface area (Å²) in [6.07, 6.45) is 2.09. The average molecular weight is 375 g/mol.